The van der Waals surface area contributed by atoms with Crippen LogP contribution in [0.4, 0.5) is 4.39 Å². The average Bonchev–Trinajstić information content (AvgIpc) is 2.11. The molecule has 1 heterocycles. The molecular formula is C4H4BrFN2. The van der Waals surface area contributed by atoms with Crippen molar-refractivity contribution < 1.29 is 8.50 Å². The molecule has 0 atom stereocenters. The third kappa shape index (κ3) is 0.888. The van der Waals surface area contributed by atoms with Crippen molar-refractivity contribution in [1.82, 2.24) is 9.78 Å². The minimum atomic E-state index is -2.41. The second kappa shape index (κ2) is 1.85. The van der Waals surface area contributed by atoms with E-state index in [0.717, 1.165) is 6.20 Å². The van der Waals surface area contributed by atoms with Gasteiger partial charge in [-0.2, -0.15) is 5.10 Å². The quantitative estimate of drug-likeness (QED) is 0.591. The van der Waals surface area contributed by atoms with Crippen LogP contribution in [0.1, 0.15) is 4.11 Å². The Kier molecular flexibility index (Phi) is 0.686. The van der Waals surface area contributed by atoms with Gasteiger partial charge in [0.05, 0.1) is 6.20 Å². The number of aryl methyl sites for hydroxylation is 1. The first-order valence-electron chi connectivity index (χ1n) is 3.32. The summed E-state index contributed by atoms with van der Waals surface area (Å²) in [4.78, 5) is 0. The van der Waals surface area contributed by atoms with Crippen LogP contribution in [0.5, 0.6) is 0 Å². The smallest absolute Gasteiger partial charge is 0.175 e. The van der Waals surface area contributed by atoms with Gasteiger partial charge in [-0.3, -0.25) is 4.68 Å². The predicted molar refractivity (Wildman–Crippen MR) is 30.9 cm³/mol. The van der Waals surface area contributed by atoms with Crippen molar-refractivity contribution in [3.63, 3.8) is 0 Å². The summed E-state index contributed by atoms with van der Waals surface area (Å²) in [7, 11) is 0. The molecule has 1 rings (SSSR count). The van der Waals surface area contributed by atoms with Gasteiger partial charge >= 0.3 is 0 Å². The van der Waals surface area contributed by atoms with Crippen molar-refractivity contribution in [2.24, 2.45) is 6.98 Å². The molecule has 1 aromatic rings. The van der Waals surface area contributed by atoms with E-state index in [4.69, 9.17) is 4.11 Å². The van der Waals surface area contributed by atoms with E-state index in [1.54, 1.807) is 0 Å². The number of hydrogen-bond donors (Lipinski definition) is 0. The van der Waals surface area contributed by atoms with Gasteiger partial charge in [0, 0.05) is 11.1 Å². The van der Waals surface area contributed by atoms with Gasteiger partial charge in [-0.05, 0) is 15.9 Å². The topological polar surface area (TPSA) is 17.8 Å². The molecule has 0 unspecified atom stereocenters. The molecule has 0 N–H and O–H groups in total. The van der Waals surface area contributed by atoms with E-state index in [1.807, 2.05) is 0 Å². The number of hydrogen-bond acceptors (Lipinski definition) is 1. The zero-order chi connectivity index (χ0) is 8.65. The van der Waals surface area contributed by atoms with Gasteiger partial charge in [0.25, 0.3) is 0 Å². The Balaban J connectivity index is 3.08. The first kappa shape index (κ1) is 2.96. The third-order valence-electron chi connectivity index (χ3n) is 0.628. The molecule has 8 heavy (non-hydrogen) atoms. The molecule has 0 saturated carbocycles. The van der Waals surface area contributed by atoms with Gasteiger partial charge in [0.2, 0.25) is 0 Å². The highest BCUT2D eigenvalue weighted by molar-refractivity contribution is 9.10. The Morgan fingerprint density at radius 1 is 2.12 bits per heavy atom. The molecular weight excluding hydrogens is 175 g/mol. The van der Waals surface area contributed by atoms with Crippen LogP contribution in [0.25, 0.3) is 0 Å². The molecule has 0 bridgehead atoms. The van der Waals surface area contributed by atoms with E-state index in [1.165, 1.54) is 0 Å². The summed E-state index contributed by atoms with van der Waals surface area (Å²) in [6, 6.07) is 0. The molecule has 0 saturated heterocycles. The molecule has 0 spiro atoms. The van der Waals surface area contributed by atoms with Crippen molar-refractivity contribution in [3.8, 4) is 0 Å². The van der Waals surface area contributed by atoms with Gasteiger partial charge in [0.1, 0.15) is 0 Å². The molecule has 0 aliphatic carbocycles. The summed E-state index contributed by atoms with van der Waals surface area (Å²) >= 11 is 2.75. The summed E-state index contributed by atoms with van der Waals surface area (Å²) in [6.45, 7) is -2.41. The average molecular weight is 182 g/mol. The van der Waals surface area contributed by atoms with Gasteiger partial charge in [-0.25, -0.2) is 4.39 Å². The third-order valence-corrected chi connectivity index (χ3v) is 1.17. The van der Waals surface area contributed by atoms with E-state index in [0.29, 0.717) is 4.68 Å². The zero-order valence-electron chi connectivity index (χ0n) is 6.73. The molecule has 4 heteroatoms. The summed E-state index contributed by atoms with van der Waals surface area (Å²) in [5.74, 6) is -0.680. The lowest BCUT2D eigenvalue weighted by Gasteiger charge is -1.78. The first-order chi connectivity index (χ1) is 4.91. The fourth-order valence-electron chi connectivity index (χ4n) is 0.332. The maximum Gasteiger partial charge on any atom is 0.175 e. The van der Waals surface area contributed by atoms with Gasteiger partial charge in [-0.1, -0.05) is 0 Å². The Labute approximate surface area is 58.7 Å². The van der Waals surface area contributed by atoms with Crippen LogP contribution in [0.2, 0.25) is 0 Å². The highest BCUT2D eigenvalue weighted by Gasteiger charge is 1.99. The second-order valence-corrected chi connectivity index (χ2v) is 1.96. The lowest BCUT2D eigenvalue weighted by molar-refractivity contribution is 0.619. The Bertz CT molecular complexity index is 249. The summed E-state index contributed by atoms with van der Waals surface area (Å²) in [5.41, 5.74) is 0. The largest absolute Gasteiger partial charge is 0.272 e. The standard InChI is InChI=1S/C4H4BrFN2/c1-8-2-3(6)4(5)7-8/h2H,1H3/i1D3. The van der Waals surface area contributed by atoms with E-state index in [-0.39, 0.29) is 4.60 Å². The predicted octanol–water partition coefficient (Wildman–Crippen LogP) is 1.32. The monoisotopic (exact) mass is 181 g/mol. The lowest BCUT2D eigenvalue weighted by atomic mass is 10.7. The molecule has 0 aliphatic rings. The minimum Gasteiger partial charge on any atom is -0.272 e. The maximum absolute atomic E-state index is 12.5. The van der Waals surface area contributed by atoms with Crippen LogP contribution < -0.4 is 0 Å². The molecule has 0 fully saturated rings. The first-order valence-corrected chi connectivity index (χ1v) is 2.62. The zero-order valence-corrected chi connectivity index (χ0v) is 5.31. The van der Waals surface area contributed by atoms with Crippen molar-refractivity contribution in [3.05, 3.63) is 16.6 Å². The van der Waals surface area contributed by atoms with Gasteiger partial charge in [-0.15, -0.1) is 0 Å². The molecule has 0 aromatic carbocycles. The Hall–Kier alpha value is -0.380. The highest BCUT2D eigenvalue weighted by Crippen LogP contribution is 2.09. The van der Waals surface area contributed by atoms with Crippen molar-refractivity contribution in [2.45, 2.75) is 0 Å². The SMILES string of the molecule is [2H]C([2H])([2H])n1cc(F)c(Br)n1. The summed E-state index contributed by atoms with van der Waals surface area (Å²) in [6.07, 6.45) is 0.817. The van der Waals surface area contributed by atoms with Gasteiger partial charge in [0.15, 0.2) is 10.4 Å². The lowest BCUT2D eigenvalue weighted by Crippen LogP contribution is -1.84. The van der Waals surface area contributed by atoms with Crippen LogP contribution >= 0.6 is 15.9 Å². The molecule has 44 valence electrons. The Morgan fingerprint density at radius 3 is 3.12 bits per heavy atom. The minimum absolute atomic E-state index is 0.0892. The fraction of sp³-hybridized carbons (Fsp3) is 0.250. The number of aromatic nitrogens is 2. The maximum atomic E-state index is 12.5. The van der Waals surface area contributed by atoms with Crippen LogP contribution in [-0.4, -0.2) is 9.78 Å². The van der Waals surface area contributed by atoms with Crippen molar-refractivity contribution in [2.75, 3.05) is 0 Å². The van der Waals surface area contributed by atoms with E-state index in [9.17, 15) is 4.39 Å². The van der Waals surface area contributed by atoms with Crippen molar-refractivity contribution in [1.29, 1.82) is 0 Å². The highest BCUT2D eigenvalue weighted by atomic mass is 79.9. The number of halogens is 2. The summed E-state index contributed by atoms with van der Waals surface area (Å²) in [5, 5.41) is 3.38. The van der Waals surface area contributed by atoms with E-state index < -0.39 is 12.8 Å². The fourth-order valence-corrected chi connectivity index (χ4v) is 0.605. The normalized spacial score (nSPS) is 17.0. The van der Waals surface area contributed by atoms with Crippen LogP contribution in [0, 0.1) is 5.82 Å². The molecule has 2 nitrogen and oxygen atoms in total. The van der Waals surface area contributed by atoms with E-state index in [2.05, 4.69) is 21.0 Å². The van der Waals surface area contributed by atoms with Crippen LogP contribution in [0.15, 0.2) is 10.8 Å². The number of rotatable bonds is 0. The Morgan fingerprint density at radius 2 is 2.88 bits per heavy atom. The van der Waals surface area contributed by atoms with Gasteiger partial charge < -0.3 is 0 Å². The summed E-state index contributed by atoms with van der Waals surface area (Å²) < 4.78 is 33.5. The molecule has 0 radical (unpaired) electrons. The van der Waals surface area contributed by atoms with Crippen LogP contribution in [-0.2, 0) is 6.98 Å². The number of nitrogens with zero attached hydrogens (tertiary/aromatic N) is 2. The molecule has 1 aromatic heterocycles. The molecule has 0 amide bonds. The van der Waals surface area contributed by atoms with Crippen LogP contribution in [0.3, 0.4) is 0 Å². The van der Waals surface area contributed by atoms with E-state index >= 15 is 0 Å². The van der Waals surface area contributed by atoms with Crippen molar-refractivity contribution >= 4 is 15.9 Å². The molecule has 0 aliphatic heterocycles. The second-order valence-electron chi connectivity index (χ2n) is 1.21.